The average molecular weight is 703 g/mol. The number of carbonyl (C=O) groups is 6. The molecule has 0 aromatic heterocycles. The number of carbonyl (C=O) groups excluding carboxylic acids is 6. The summed E-state index contributed by atoms with van der Waals surface area (Å²) in [5.74, 6) is -0.131. The number of primary amides is 1. The van der Waals surface area contributed by atoms with Crippen LogP contribution < -0.4 is 37.6 Å². The minimum atomic E-state index is -0.463. The molecule has 14 nitrogen and oxygen atoms in total. The number of nitrogens with one attached hydrogen (secondary N) is 6. The van der Waals surface area contributed by atoms with Gasteiger partial charge in [0.2, 0.25) is 35.4 Å². The predicted octanol–water partition coefficient (Wildman–Crippen LogP) is 1.43. The van der Waals surface area contributed by atoms with Crippen molar-refractivity contribution < 1.29 is 28.8 Å². The zero-order valence-electron chi connectivity index (χ0n) is 31.7. The summed E-state index contributed by atoms with van der Waals surface area (Å²) in [6.07, 6.45) is 5.05. The van der Waals surface area contributed by atoms with Crippen LogP contribution in [0.1, 0.15) is 86.1 Å². The summed E-state index contributed by atoms with van der Waals surface area (Å²) in [7, 11) is 5.12. The Morgan fingerprint density at radius 3 is 2.06 bits per heavy atom. The van der Waals surface area contributed by atoms with Gasteiger partial charge in [0.1, 0.15) is 12.1 Å². The molecular formula is C36H62N8O6. The Bertz CT molecular complexity index is 1290. The van der Waals surface area contributed by atoms with E-state index < -0.39 is 18.0 Å². The highest BCUT2D eigenvalue weighted by Crippen LogP contribution is 2.39. The van der Waals surface area contributed by atoms with Gasteiger partial charge in [0.05, 0.1) is 24.9 Å². The molecule has 0 radical (unpaired) electrons. The maximum absolute atomic E-state index is 13.1. The fraction of sp³-hybridized carbons (Fsp3) is 0.667. The van der Waals surface area contributed by atoms with E-state index in [9.17, 15) is 28.8 Å². The highest BCUT2D eigenvalue weighted by Gasteiger charge is 2.44. The van der Waals surface area contributed by atoms with Crippen LogP contribution in [-0.2, 0) is 35.2 Å². The minimum Gasteiger partial charge on any atom is -0.369 e. The number of amides is 6. The van der Waals surface area contributed by atoms with Crippen LogP contribution in [0.25, 0.3) is 0 Å². The van der Waals surface area contributed by atoms with Crippen molar-refractivity contribution in [2.45, 2.75) is 117 Å². The van der Waals surface area contributed by atoms with E-state index in [0.29, 0.717) is 17.6 Å². The summed E-state index contributed by atoms with van der Waals surface area (Å²) in [4.78, 5) is 71.1. The Hall–Kier alpha value is -4.04. The number of hydrogen-bond acceptors (Lipinski definition) is 8. The van der Waals surface area contributed by atoms with Crippen molar-refractivity contribution in [3.63, 3.8) is 0 Å². The van der Waals surface area contributed by atoms with Gasteiger partial charge in [-0.2, -0.15) is 0 Å². The summed E-state index contributed by atoms with van der Waals surface area (Å²) >= 11 is 0. The molecule has 6 unspecified atom stereocenters. The lowest BCUT2D eigenvalue weighted by atomic mass is 9.85. The first kappa shape index (κ1) is 44.0. The molecule has 1 saturated carbocycles. The first-order chi connectivity index (χ1) is 23.5. The predicted molar refractivity (Wildman–Crippen MR) is 196 cm³/mol. The quantitative estimate of drug-likeness (QED) is 0.177. The summed E-state index contributed by atoms with van der Waals surface area (Å²) in [6, 6.07) is 5.98. The lowest BCUT2D eigenvalue weighted by molar-refractivity contribution is -0.140. The molecule has 0 bridgehead atoms. The van der Waals surface area contributed by atoms with Crippen molar-refractivity contribution in [2.75, 3.05) is 33.0 Å². The van der Waals surface area contributed by atoms with Crippen molar-refractivity contribution in [2.24, 2.45) is 17.1 Å². The molecule has 1 aliphatic carbocycles. The van der Waals surface area contributed by atoms with E-state index in [4.69, 9.17) is 5.73 Å². The van der Waals surface area contributed by atoms with E-state index in [0.717, 1.165) is 24.9 Å². The fourth-order valence-corrected chi connectivity index (χ4v) is 5.78. The topological polar surface area (TPSA) is 204 Å². The van der Waals surface area contributed by atoms with Gasteiger partial charge in [-0.1, -0.05) is 53.2 Å². The van der Waals surface area contributed by atoms with Gasteiger partial charge in [-0.3, -0.25) is 28.8 Å². The summed E-state index contributed by atoms with van der Waals surface area (Å²) in [6.45, 7) is 14.5. The zero-order chi connectivity index (χ0) is 38.2. The molecule has 3 fully saturated rings. The normalized spacial score (nSPS) is 20.6. The molecule has 2 saturated heterocycles. The van der Waals surface area contributed by atoms with Crippen molar-refractivity contribution >= 4 is 41.1 Å². The average Bonchev–Trinajstić information content (AvgIpc) is 3.69. The molecule has 1 aromatic carbocycles. The van der Waals surface area contributed by atoms with E-state index in [1.165, 1.54) is 12.8 Å². The van der Waals surface area contributed by atoms with Gasteiger partial charge in [0.15, 0.2) is 0 Å². The number of benzene rings is 1. The van der Waals surface area contributed by atoms with E-state index in [-0.39, 0.29) is 59.9 Å². The molecule has 6 atom stereocenters. The zero-order valence-corrected chi connectivity index (χ0v) is 31.7. The number of fused-ring (bicyclic) bond motifs is 1. The molecule has 282 valence electrons. The maximum Gasteiger partial charge on any atom is 0.247 e. The van der Waals surface area contributed by atoms with Crippen molar-refractivity contribution in [3.05, 3.63) is 29.8 Å². The first-order valence-electron chi connectivity index (χ1n) is 17.7. The highest BCUT2D eigenvalue weighted by molar-refractivity contribution is 6.03. The van der Waals surface area contributed by atoms with Gasteiger partial charge in [0, 0.05) is 25.3 Å². The largest absolute Gasteiger partial charge is 0.369 e. The first-order valence-corrected chi connectivity index (χ1v) is 17.7. The second-order valence-electron chi connectivity index (χ2n) is 13.7. The van der Waals surface area contributed by atoms with Gasteiger partial charge in [0.25, 0.3) is 0 Å². The Balaban J connectivity index is 0.000000401. The van der Waals surface area contributed by atoms with E-state index in [1.807, 2.05) is 46.4 Å². The third-order valence-electron chi connectivity index (χ3n) is 8.96. The van der Waals surface area contributed by atoms with Gasteiger partial charge in [-0.15, -0.1) is 0 Å². The van der Waals surface area contributed by atoms with Crippen LogP contribution >= 0.6 is 0 Å². The van der Waals surface area contributed by atoms with Crippen LogP contribution in [0.15, 0.2) is 24.3 Å². The molecule has 50 heavy (non-hydrogen) atoms. The Kier molecular flexibility index (Phi) is 18.7. The van der Waals surface area contributed by atoms with Crippen LogP contribution in [0.3, 0.4) is 0 Å². The third-order valence-corrected chi connectivity index (χ3v) is 8.96. The Morgan fingerprint density at radius 1 is 0.960 bits per heavy atom. The lowest BCUT2D eigenvalue weighted by Crippen LogP contribution is -2.58. The molecule has 2 heterocycles. The van der Waals surface area contributed by atoms with Crippen LogP contribution in [-0.4, -0.2) is 98.2 Å². The minimum absolute atomic E-state index is 0.0208. The highest BCUT2D eigenvalue weighted by atomic mass is 16.2. The van der Waals surface area contributed by atoms with Crippen LogP contribution in [0.5, 0.6) is 0 Å². The molecule has 0 spiro atoms. The standard InChI is InChI=1S/C17H31N3O2.C12H13N3O3.C5H12N2O.C2H6/c1-11(18-5)15(21)19-14(17(2,3)4)16(22)20-10-9-12-7-6-8-13(12)20;13-10(16)5-7-2-1-3-8(4-7)14-12(18)9-6-11(17)15-9;1-4(6-2)5(8)7-3;1-2/h11-14,18H,6-10H2,1-5H3,(H,19,21);1-4,9H,5-6H2,(H2,13,16)(H,14,18)(H,15,17);4,6H,1-3H3,(H,7,8);1-2H3. The number of anilines is 1. The number of nitrogens with two attached hydrogens (primary N) is 1. The molecule has 14 heteroatoms. The van der Waals surface area contributed by atoms with Crippen molar-refractivity contribution in [1.82, 2.24) is 31.5 Å². The number of likely N-dealkylation sites (tertiary alicyclic amines) is 1. The second-order valence-corrected chi connectivity index (χ2v) is 13.7. The number of β-lactam (4-membered cyclic amide) rings is 1. The number of nitrogens with zero attached hydrogens (tertiary/aromatic N) is 1. The number of likely N-dealkylation sites (N-methyl/N-ethyl adjacent to an activating group) is 3. The van der Waals surface area contributed by atoms with E-state index in [2.05, 4.69) is 31.9 Å². The summed E-state index contributed by atoms with van der Waals surface area (Å²) < 4.78 is 0. The van der Waals surface area contributed by atoms with Crippen LogP contribution in [0, 0.1) is 11.3 Å². The van der Waals surface area contributed by atoms with Gasteiger partial charge >= 0.3 is 0 Å². The fourth-order valence-electron chi connectivity index (χ4n) is 5.78. The molecule has 3 aliphatic rings. The van der Waals surface area contributed by atoms with Crippen LogP contribution in [0.2, 0.25) is 0 Å². The Labute approximate surface area is 298 Å². The monoisotopic (exact) mass is 702 g/mol. The van der Waals surface area contributed by atoms with Crippen molar-refractivity contribution in [3.8, 4) is 0 Å². The summed E-state index contributed by atoms with van der Waals surface area (Å²) in [5.41, 5.74) is 6.12. The second kappa shape index (κ2) is 21.2. The van der Waals surface area contributed by atoms with Gasteiger partial charge in [-0.05, 0) is 76.2 Å². The van der Waals surface area contributed by atoms with Crippen LogP contribution in [0.4, 0.5) is 5.69 Å². The smallest absolute Gasteiger partial charge is 0.247 e. The number of rotatable bonds is 10. The molecule has 8 N–H and O–H groups in total. The molecule has 4 rings (SSSR count). The van der Waals surface area contributed by atoms with Gasteiger partial charge in [-0.25, -0.2) is 0 Å². The van der Waals surface area contributed by atoms with Crippen molar-refractivity contribution in [1.29, 1.82) is 0 Å². The molecule has 6 amide bonds. The maximum atomic E-state index is 13.1. The Morgan fingerprint density at radius 2 is 1.56 bits per heavy atom. The lowest BCUT2D eigenvalue weighted by Gasteiger charge is -2.36. The molecule has 1 aromatic rings. The van der Waals surface area contributed by atoms with E-state index >= 15 is 0 Å². The molecular weight excluding hydrogens is 640 g/mol. The number of hydrogen-bond donors (Lipinski definition) is 7. The van der Waals surface area contributed by atoms with Gasteiger partial charge < -0.3 is 42.5 Å². The third kappa shape index (κ3) is 13.7. The molecule has 2 aliphatic heterocycles. The SMILES string of the molecule is CC.CNC(=O)C(C)NC.CNC(C)C(=O)NC(C(=O)N1CCC2CCCC21)C(C)(C)C.NC(=O)Cc1cccc(NC(=O)C2CC(=O)N2)c1. The summed E-state index contributed by atoms with van der Waals surface area (Å²) in [5, 5.41) is 16.4. The van der Waals surface area contributed by atoms with E-state index in [1.54, 1.807) is 52.3 Å².